The number of carbonyl (C=O) groups is 1. The lowest BCUT2D eigenvalue weighted by Crippen LogP contribution is -2.16. The number of thioether (sulfide) groups is 1. The number of aryl methyl sites for hydroxylation is 1. The number of fused-ring (bicyclic) bond motifs is 1. The molecule has 2 rings (SSSR count). The van der Waals surface area contributed by atoms with Crippen LogP contribution in [0.5, 0.6) is 0 Å². The van der Waals surface area contributed by atoms with E-state index in [-0.39, 0.29) is 5.56 Å². The number of hydrogen-bond acceptors (Lipinski definition) is 4. The van der Waals surface area contributed by atoms with E-state index in [1.165, 1.54) is 22.2 Å². The standard InChI is InChI=1S/C13H14N2O3S/c1-8-3-4-15-11(5-8)14-10(6-12(15)16)7-19-9(2)13(17)18/h3-6,9H,7H2,1-2H3,(H,17,18). The zero-order valence-corrected chi connectivity index (χ0v) is 11.5. The fourth-order valence-corrected chi connectivity index (χ4v) is 2.32. The summed E-state index contributed by atoms with van der Waals surface area (Å²) in [5.74, 6) is -0.453. The highest BCUT2D eigenvalue weighted by Crippen LogP contribution is 2.16. The predicted octanol–water partition coefficient (Wildman–Crippen LogP) is 1.71. The topological polar surface area (TPSA) is 71.7 Å². The quantitative estimate of drug-likeness (QED) is 0.921. The van der Waals surface area contributed by atoms with Crippen LogP contribution < -0.4 is 5.56 Å². The van der Waals surface area contributed by atoms with Gasteiger partial charge in [-0.2, -0.15) is 0 Å². The Morgan fingerprint density at radius 1 is 1.53 bits per heavy atom. The first-order valence-electron chi connectivity index (χ1n) is 5.81. The number of aromatic nitrogens is 2. The van der Waals surface area contributed by atoms with Crippen LogP contribution in [0.1, 0.15) is 18.2 Å². The van der Waals surface area contributed by atoms with Gasteiger partial charge in [-0.05, 0) is 31.5 Å². The molecule has 2 heterocycles. The third kappa shape index (κ3) is 3.14. The zero-order chi connectivity index (χ0) is 14.0. The molecule has 1 unspecified atom stereocenters. The van der Waals surface area contributed by atoms with Crippen LogP contribution in [0.2, 0.25) is 0 Å². The van der Waals surface area contributed by atoms with E-state index in [0.29, 0.717) is 17.1 Å². The number of rotatable bonds is 4. The Morgan fingerprint density at radius 2 is 2.26 bits per heavy atom. The van der Waals surface area contributed by atoms with Gasteiger partial charge in [-0.1, -0.05) is 0 Å². The molecule has 0 amide bonds. The van der Waals surface area contributed by atoms with Crippen molar-refractivity contribution in [2.45, 2.75) is 24.9 Å². The molecule has 0 radical (unpaired) electrons. The molecule has 1 N–H and O–H groups in total. The first-order valence-corrected chi connectivity index (χ1v) is 6.85. The minimum Gasteiger partial charge on any atom is -0.480 e. The summed E-state index contributed by atoms with van der Waals surface area (Å²) in [5.41, 5.74) is 2.07. The number of nitrogens with zero attached hydrogens (tertiary/aromatic N) is 2. The lowest BCUT2D eigenvalue weighted by molar-refractivity contribution is -0.136. The van der Waals surface area contributed by atoms with E-state index in [1.54, 1.807) is 13.1 Å². The zero-order valence-electron chi connectivity index (χ0n) is 10.7. The highest BCUT2D eigenvalue weighted by molar-refractivity contribution is 7.99. The summed E-state index contributed by atoms with van der Waals surface area (Å²) >= 11 is 1.25. The highest BCUT2D eigenvalue weighted by atomic mass is 32.2. The van der Waals surface area contributed by atoms with Gasteiger partial charge in [-0.3, -0.25) is 14.0 Å². The number of pyridine rings is 1. The first kappa shape index (κ1) is 13.6. The van der Waals surface area contributed by atoms with E-state index in [9.17, 15) is 9.59 Å². The van der Waals surface area contributed by atoms with Crippen LogP contribution in [0, 0.1) is 6.92 Å². The second kappa shape index (κ2) is 5.44. The van der Waals surface area contributed by atoms with Gasteiger partial charge < -0.3 is 5.11 Å². The molecule has 0 fully saturated rings. The molecule has 0 aromatic carbocycles. The second-order valence-electron chi connectivity index (χ2n) is 4.31. The van der Waals surface area contributed by atoms with E-state index < -0.39 is 11.2 Å². The Bertz CT molecular complexity index is 681. The van der Waals surface area contributed by atoms with Crippen LogP contribution in [0.4, 0.5) is 0 Å². The summed E-state index contributed by atoms with van der Waals surface area (Å²) in [7, 11) is 0. The van der Waals surface area contributed by atoms with Gasteiger partial charge in [-0.15, -0.1) is 11.8 Å². The minimum atomic E-state index is -0.863. The van der Waals surface area contributed by atoms with Gasteiger partial charge in [0.1, 0.15) is 5.65 Å². The Labute approximate surface area is 114 Å². The van der Waals surface area contributed by atoms with Crippen LogP contribution in [-0.2, 0) is 10.5 Å². The third-order valence-electron chi connectivity index (χ3n) is 2.70. The molecule has 2 aromatic rings. The molecule has 1 atom stereocenters. The largest absolute Gasteiger partial charge is 0.480 e. The number of carboxylic acids is 1. The maximum absolute atomic E-state index is 11.9. The fourth-order valence-electron chi connectivity index (χ4n) is 1.61. The molecule has 0 aliphatic rings. The van der Waals surface area contributed by atoms with Gasteiger partial charge >= 0.3 is 5.97 Å². The van der Waals surface area contributed by atoms with Crippen molar-refractivity contribution in [1.29, 1.82) is 0 Å². The first-order chi connectivity index (χ1) is 8.97. The van der Waals surface area contributed by atoms with Crippen molar-refractivity contribution in [1.82, 2.24) is 9.38 Å². The minimum absolute atomic E-state index is 0.149. The highest BCUT2D eigenvalue weighted by Gasteiger charge is 2.12. The van der Waals surface area contributed by atoms with Crippen LogP contribution in [-0.4, -0.2) is 25.7 Å². The average molecular weight is 278 g/mol. The average Bonchev–Trinajstić information content (AvgIpc) is 2.35. The van der Waals surface area contributed by atoms with E-state index in [4.69, 9.17) is 5.11 Å². The van der Waals surface area contributed by atoms with Crippen molar-refractivity contribution >= 4 is 23.4 Å². The molecular weight excluding hydrogens is 264 g/mol. The summed E-state index contributed by atoms with van der Waals surface area (Å²) in [5, 5.41) is 8.30. The molecule has 0 aliphatic carbocycles. The SMILES string of the molecule is Cc1ccn2c(=O)cc(CSC(C)C(=O)O)nc2c1. The summed E-state index contributed by atoms with van der Waals surface area (Å²) in [6.45, 7) is 3.55. The van der Waals surface area contributed by atoms with E-state index in [2.05, 4.69) is 4.98 Å². The number of carboxylic acid groups (broad SMARTS) is 1. The molecule has 19 heavy (non-hydrogen) atoms. The van der Waals surface area contributed by atoms with Crippen molar-refractivity contribution in [2.75, 3.05) is 0 Å². The van der Waals surface area contributed by atoms with Crippen LogP contribution in [0.15, 0.2) is 29.2 Å². The predicted molar refractivity (Wildman–Crippen MR) is 74.6 cm³/mol. The summed E-state index contributed by atoms with van der Waals surface area (Å²) in [6, 6.07) is 5.12. The molecule has 6 heteroatoms. The Morgan fingerprint density at radius 3 is 2.95 bits per heavy atom. The molecular formula is C13H14N2O3S. The van der Waals surface area contributed by atoms with Gasteiger partial charge in [0.2, 0.25) is 0 Å². The summed E-state index contributed by atoms with van der Waals surface area (Å²) in [4.78, 5) is 27.0. The van der Waals surface area contributed by atoms with Crippen molar-refractivity contribution in [3.05, 3.63) is 46.0 Å². The molecule has 0 saturated heterocycles. The van der Waals surface area contributed by atoms with Crippen molar-refractivity contribution < 1.29 is 9.90 Å². The smallest absolute Gasteiger partial charge is 0.316 e. The lowest BCUT2D eigenvalue weighted by atomic mass is 10.3. The third-order valence-corrected chi connectivity index (χ3v) is 3.87. The van der Waals surface area contributed by atoms with E-state index >= 15 is 0 Å². The van der Waals surface area contributed by atoms with E-state index in [1.807, 2.05) is 19.1 Å². The Hall–Kier alpha value is -1.82. The van der Waals surface area contributed by atoms with Gasteiger partial charge in [0.25, 0.3) is 5.56 Å². The van der Waals surface area contributed by atoms with Crippen LogP contribution >= 0.6 is 11.8 Å². The summed E-state index contributed by atoms with van der Waals surface area (Å²) < 4.78 is 1.47. The normalized spacial score (nSPS) is 12.5. The number of aliphatic carboxylic acids is 1. The lowest BCUT2D eigenvalue weighted by Gasteiger charge is -2.07. The molecule has 0 bridgehead atoms. The maximum Gasteiger partial charge on any atom is 0.316 e. The molecule has 5 nitrogen and oxygen atoms in total. The van der Waals surface area contributed by atoms with Gasteiger partial charge in [0, 0.05) is 18.0 Å². The summed E-state index contributed by atoms with van der Waals surface area (Å²) in [6.07, 6.45) is 1.69. The van der Waals surface area contributed by atoms with Crippen molar-refractivity contribution in [2.24, 2.45) is 0 Å². The molecule has 0 saturated carbocycles. The number of hydrogen-bond donors (Lipinski definition) is 1. The fraction of sp³-hybridized carbons (Fsp3) is 0.308. The van der Waals surface area contributed by atoms with Gasteiger partial charge in [-0.25, -0.2) is 4.98 Å². The van der Waals surface area contributed by atoms with Crippen LogP contribution in [0.25, 0.3) is 5.65 Å². The monoisotopic (exact) mass is 278 g/mol. The molecule has 0 aliphatic heterocycles. The molecule has 0 spiro atoms. The molecule has 2 aromatic heterocycles. The van der Waals surface area contributed by atoms with E-state index in [0.717, 1.165) is 5.56 Å². The van der Waals surface area contributed by atoms with Crippen molar-refractivity contribution in [3.8, 4) is 0 Å². The van der Waals surface area contributed by atoms with Gasteiger partial charge in [0.15, 0.2) is 0 Å². The maximum atomic E-state index is 11.9. The molecule has 100 valence electrons. The second-order valence-corrected chi connectivity index (χ2v) is 5.64. The van der Waals surface area contributed by atoms with Gasteiger partial charge in [0.05, 0.1) is 10.9 Å². The van der Waals surface area contributed by atoms with Crippen molar-refractivity contribution in [3.63, 3.8) is 0 Å². The Kier molecular flexibility index (Phi) is 3.90. The Balaban J connectivity index is 2.30. The van der Waals surface area contributed by atoms with Crippen LogP contribution in [0.3, 0.4) is 0 Å².